The van der Waals surface area contributed by atoms with Crippen molar-refractivity contribution in [3.63, 3.8) is 0 Å². The topological polar surface area (TPSA) is 58.6 Å². The van der Waals surface area contributed by atoms with E-state index in [0.29, 0.717) is 5.02 Å². The van der Waals surface area contributed by atoms with Crippen molar-refractivity contribution >= 4 is 46.5 Å². The lowest BCUT2D eigenvalue weighted by Crippen LogP contribution is -2.36. The van der Waals surface area contributed by atoms with Crippen LogP contribution in [0.4, 0.5) is 5.69 Å². The van der Waals surface area contributed by atoms with Crippen LogP contribution in [0, 0.1) is 23.7 Å². The maximum Gasteiger partial charge on any atom is 0.261 e. The molecule has 2 bridgehead atoms. The summed E-state index contributed by atoms with van der Waals surface area (Å²) in [6, 6.07) is 7.06. The van der Waals surface area contributed by atoms with Crippen LogP contribution >= 0.6 is 23.8 Å². The van der Waals surface area contributed by atoms with Gasteiger partial charge >= 0.3 is 0 Å². The summed E-state index contributed by atoms with van der Waals surface area (Å²) in [5.41, 5.74) is 0.764. The van der Waals surface area contributed by atoms with Crippen molar-refractivity contribution in [2.45, 2.75) is 6.42 Å². The lowest BCUT2D eigenvalue weighted by molar-refractivity contribution is -0.141. The van der Waals surface area contributed by atoms with Gasteiger partial charge in [-0.3, -0.25) is 14.5 Å². The lowest BCUT2D eigenvalue weighted by atomic mass is 9.85. The van der Waals surface area contributed by atoms with Gasteiger partial charge < -0.3 is 10.1 Å². The first kappa shape index (κ1) is 16.5. The standard InChI is InChI=1S/C18H17ClN2O3S/c19-12-3-5-13(6-4-12)20-18(25)24-8-7-21-16(22)14-10-1-2-11(9-10)15(14)17(21)23/h1-6,10-11,14-15H,7-9H2,(H,20,25). The third-order valence-corrected chi connectivity index (χ3v) is 5.67. The van der Waals surface area contributed by atoms with Gasteiger partial charge in [0.25, 0.3) is 5.17 Å². The van der Waals surface area contributed by atoms with Crippen molar-refractivity contribution in [1.29, 1.82) is 0 Å². The summed E-state index contributed by atoms with van der Waals surface area (Å²) in [7, 11) is 0. The quantitative estimate of drug-likeness (QED) is 0.497. The molecule has 3 aliphatic rings. The van der Waals surface area contributed by atoms with Crippen molar-refractivity contribution in [1.82, 2.24) is 4.90 Å². The Morgan fingerprint density at radius 2 is 1.76 bits per heavy atom. The van der Waals surface area contributed by atoms with Crippen LogP contribution in [0.25, 0.3) is 0 Å². The molecule has 130 valence electrons. The number of fused-ring (bicyclic) bond motifs is 5. The number of rotatable bonds is 4. The predicted molar refractivity (Wildman–Crippen MR) is 98.1 cm³/mol. The Morgan fingerprint density at radius 1 is 1.16 bits per heavy atom. The van der Waals surface area contributed by atoms with Crippen molar-refractivity contribution < 1.29 is 14.3 Å². The van der Waals surface area contributed by atoms with E-state index in [9.17, 15) is 9.59 Å². The van der Waals surface area contributed by atoms with Crippen LogP contribution in [0.3, 0.4) is 0 Å². The van der Waals surface area contributed by atoms with E-state index in [0.717, 1.165) is 12.1 Å². The first-order valence-electron chi connectivity index (χ1n) is 8.27. The van der Waals surface area contributed by atoms with Gasteiger partial charge in [0.2, 0.25) is 11.8 Å². The molecule has 0 spiro atoms. The summed E-state index contributed by atoms with van der Waals surface area (Å²) in [4.78, 5) is 26.4. The van der Waals surface area contributed by atoms with E-state index in [4.69, 9.17) is 28.6 Å². The number of halogens is 1. The molecule has 4 atom stereocenters. The zero-order valence-electron chi connectivity index (χ0n) is 13.4. The third kappa shape index (κ3) is 2.93. The number of benzene rings is 1. The molecule has 4 unspecified atom stereocenters. The second kappa shape index (κ2) is 6.42. The van der Waals surface area contributed by atoms with Crippen LogP contribution in [-0.4, -0.2) is 35.0 Å². The molecule has 2 fully saturated rings. The number of ether oxygens (including phenoxy) is 1. The summed E-state index contributed by atoms with van der Waals surface area (Å²) in [5, 5.41) is 3.77. The highest BCUT2D eigenvalue weighted by molar-refractivity contribution is 7.80. The SMILES string of the molecule is O=C1C2C3C=CC(C3)C2C(=O)N1CCOC(=S)Nc1ccc(Cl)cc1. The zero-order valence-corrected chi connectivity index (χ0v) is 14.9. The molecule has 1 aromatic carbocycles. The number of nitrogens with zero attached hydrogens (tertiary/aromatic N) is 1. The molecule has 1 aromatic rings. The van der Waals surface area contributed by atoms with Crippen molar-refractivity contribution in [3.8, 4) is 0 Å². The number of hydrogen-bond acceptors (Lipinski definition) is 4. The van der Waals surface area contributed by atoms with Gasteiger partial charge in [0.1, 0.15) is 6.61 Å². The van der Waals surface area contributed by atoms with Crippen LogP contribution in [0.5, 0.6) is 0 Å². The highest BCUT2D eigenvalue weighted by Crippen LogP contribution is 2.52. The van der Waals surface area contributed by atoms with Crippen molar-refractivity contribution in [2.75, 3.05) is 18.5 Å². The predicted octanol–water partition coefficient (Wildman–Crippen LogP) is 2.86. The normalized spacial score (nSPS) is 29.2. The van der Waals surface area contributed by atoms with Gasteiger partial charge in [0, 0.05) is 10.7 Å². The molecular weight excluding hydrogens is 360 g/mol. The van der Waals surface area contributed by atoms with Gasteiger partial charge in [-0.15, -0.1) is 0 Å². The molecule has 1 N–H and O–H groups in total. The molecule has 2 amide bonds. The summed E-state index contributed by atoms with van der Waals surface area (Å²) in [6.07, 6.45) is 5.11. The minimum atomic E-state index is -0.165. The molecule has 1 aliphatic heterocycles. The van der Waals surface area contributed by atoms with Crippen molar-refractivity contribution in [3.05, 3.63) is 41.4 Å². The average Bonchev–Trinajstić information content (AvgIpc) is 3.26. The first-order valence-corrected chi connectivity index (χ1v) is 9.06. The molecule has 5 nitrogen and oxygen atoms in total. The van der Waals surface area contributed by atoms with Crippen LogP contribution < -0.4 is 5.32 Å². The van der Waals surface area contributed by atoms with Crippen LogP contribution in [0.15, 0.2) is 36.4 Å². The van der Waals surface area contributed by atoms with E-state index >= 15 is 0 Å². The number of nitrogens with one attached hydrogen (secondary N) is 1. The Hall–Kier alpha value is -1.92. The molecular formula is C18H17ClN2O3S. The third-order valence-electron chi connectivity index (χ3n) is 5.20. The minimum Gasteiger partial charge on any atom is -0.469 e. The Kier molecular flexibility index (Phi) is 4.25. The number of allylic oxidation sites excluding steroid dienone is 2. The van der Waals surface area contributed by atoms with Gasteiger partial charge in [-0.05, 0) is 54.7 Å². The molecule has 1 saturated carbocycles. The number of imide groups is 1. The second-order valence-corrected chi connectivity index (χ2v) is 7.40. The molecule has 0 radical (unpaired) electrons. The van der Waals surface area contributed by atoms with E-state index in [-0.39, 0.29) is 53.8 Å². The van der Waals surface area contributed by atoms with Crippen molar-refractivity contribution in [2.24, 2.45) is 23.7 Å². The van der Waals surface area contributed by atoms with Gasteiger partial charge in [-0.25, -0.2) is 0 Å². The molecule has 1 heterocycles. The molecule has 7 heteroatoms. The van der Waals surface area contributed by atoms with Gasteiger partial charge in [-0.1, -0.05) is 23.8 Å². The summed E-state index contributed by atoms with van der Waals surface area (Å²) >= 11 is 11.0. The number of hydrogen-bond donors (Lipinski definition) is 1. The Morgan fingerprint density at radius 3 is 2.36 bits per heavy atom. The molecule has 0 aromatic heterocycles. The van der Waals surface area contributed by atoms with Crippen LogP contribution in [-0.2, 0) is 14.3 Å². The van der Waals surface area contributed by atoms with E-state index < -0.39 is 0 Å². The monoisotopic (exact) mass is 376 g/mol. The zero-order chi connectivity index (χ0) is 17.6. The maximum atomic E-state index is 12.5. The number of likely N-dealkylation sites (tertiary alicyclic amines) is 1. The highest BCUT2D eigenvalue weighted by Gasteiger charge is 2.58. The largest absolute Gasteiger partial charge is 0.469 e. The molecule has 25 heavy (non-hydrogen) atoms. The minimum absolute atomic E-state index is 0.0629. The molecule has 2 aliphatic carbocycles. The van der Waals surface area contributed by atoms with E-state index in [1.54, 1.807) is 24.3 Å². The van der Waals surface area contributed by atoms with E-state index in [1.165, 1.54) is 4.90 Å². The van der Waals surface area contributed by atoms with Gasteiger partial charge in [0.05, 0.1) is 18.4 Å². The van der Waals surface area contributed by atoms with E-state index in [2.05, 4.69) is 17.5 Å². The Labute approximate surface area is 156 Å². The number of carbonyl (C=O) groups excluding carboxylic acids is 2. The lowest BCUT2D eigenvalue weighted by Gasteiger charge is -2.17. The van der Waals surface area contributed by atoms with E-state index in [1.807, 2.05) is 0 Å². The molecule has 4 rings (SSSR count). The van der Waals surface area contributed by atoms with Gasteiger partial charge in [-0.2, -0.15) is 0 Å². The first-order chi connectivity index (χ1) is 12.0. The fourth-order valence-corrected chi connectivity index (χ4v) is 4.43. The fraction of sp³-hybridized carbons (Fsp3) is 0.389. The second-order valence-electron chi connectivity index (χ2n) is 6.60. The maximum absolute atomic E-state index is 12.5. The molecule has 1 saturated heterocycles. The highest BCUT2D eigenvalue weighted by atomic mass is 35.5. The number of thiocarbonyl (C=S) groups is 1. The Balaban J connectivity index is 1.29. The summed E-state index contributed by atoms with van der Waals surface area (Å²) in [6.45, 7) is 0.408. The Bertz CT molecular complexity index is 734. The smallest absolute Gasteiger partial charge is 0.261 e. The number of amides is 2. The van der Waals surface area contributed by atoms with Crippen LogP contribution in [0.2, 0.25) is 5.02 Å². The average molecular weight is 377 g/mol. The van der Waals surface area contributed by atoms with Gasteiger partial charge in [0.15, 0.2) is 0 Å². The van der Waals surface area contributed by atoms with Crippen LogP contribution in [0.1, 0.15) is 6.42 Å². The summed E-state index contributed by atoms with van der Waals surface area (Å²) in [5.74, 6) is -0.00243. The fourth-order valence-electron chi connectivity index (χ4n) is 4.10. The summed E-state index contributed by atoms with van der Waals surface area (Å²) < 4.78 is 5.45. The number of anilines is 1. The number of carbonyl (C=O) groups is 2.